The lowest BCUT2D eigenvalue weighted by atomic mass is 9.62. The van der Waals surface area contributed by atoms with E-state index < -0.39 is 6.04 Å². The smallest absolute Gasteiger partial charge is 0.237 e. The molecule has 0 aromatic rings. The van der Waals surface area contributed by atoms with Gasteiger partial charge in [-0.1, -0.05) is 104 Å². The third-order valence-corrected chi connectivity index (χ3v) is 13.8. The molecule has 352 valence electrons. The molecule has 3 aliphatic carbocycles. The fourth-order valence-electron chi connectivity index (χ4n) is 13.0. The predicted octanol–water partition coefficient (Wildman–Crippen LogP) is 12.2. The summed E-state index contributed by atoms with van der Waals surface area (Å²) in [6.45, 7) is 43.6. The molecule has 8 heteroatoms. The number of carbonyl (C=O) groups is 2. The van der Waals surface area contributed by atoms with Crippen molar-refractivity contribution in [3.8, 4) is 0 Å². The Balaban J connectivity index is 1.84. The molecule has 7 unspecified atom stereocenters. The van der Waals surface area contributed by atoms with Gasteiger partial charge in [0.1, 0.15) is 0 Å². The first-order valence-corrected chi connectivity index (χ1v) is 24.7. The number of rotatable bonds is 20. The van der Waals surface area contributed by atoms with E-state index in [9.17, 15) is 9.59 Å². The van der Waals surface area contributed by atoms with Crippen LogP contribution in [0.25, 0.3) is 0 Å². The maximum Gasteiger partial charge on any atom is 0.237 e. The lowest BCUT2D eigenvalue weighted by Crippen LogP contribution is -2.56. The number of hydrogen-bond donors (Lipinski definition) is 3. The molecule has 8 nitrogen and oxygen atoms in total. The minimum Gasteiger partial charge on any atom is -0.353 e. The van der Waals surface area contributed by atoms with Crippen LogP contribution >= 0.6 is 0 Å². The second-order valence-corrected chi connectivity index (χ2v) is 26.1. The average Bonchev–Trinajstić information content (AvgIpc) is 3.04. The van der Waals surface area contributed by atoms with Gasteiger partial charge < -0.3 is 16.0 Å². The molecular formula is C53H98N6O2. The zero-order valence-electron chi connectivity index (χ0n) is 43.2. The molecule has 0 bridgehead atoms. The Morgan fingerprint density at radius 1 is 0.508 bits per heavy atom. The molecule has 0 aliphatic heterocycles. The fourth-order valence-corrected chi connectivity index (χ4v) is 13.0. The highest BCUT2D eigenvalue weighted by Gasteiger charge is 2.45. The van der Waals surface area contributed by atoms with Crippen molar-refractivity contribution in [3.63, 3.8) is 0 Å². The van der Waals surface area contributed by atoms with E-state index in [-0.39, 0.29) is 62.4 Å². The number of carbonyl (C=O) groups excluding carboxylic acids is 2. The van der Waals surface area contributed by atoms with Gasteiger partial charge in [-0.15, -0.1) is 0 Å². The van der Waals surface area contributed by atoms with Crippen molar-refractivity contribution in [1.29, 1.82) is 0 Å². The molecule has 0 saturated heterocycles. The summed E-state index contributed by atoms with van der Waals surface area (Å²) in [5.41, 5.74) is 4.02. The Morgan fingerprint density at radius 2 is 0.836 bits per heavy atom. The molecule has 0 aromatic carbocycles. The normalized spacial score (nSPS) is 31.4. The Hall–Kier alpha value is -2.09. The number of amides is 2. The van der Waals surface area contributed by atoms with Gasteiger partial charge in [0.15, 0.2) is 0 Å². The SMILES string of the molecule is CC(CC(C)C)=NCC1(C)CC(NC(=O)CCC(NC2CC(C)(C)CC(C)(CN=C(C)CC(C)C)C2)C(=O)NC2CC(C)(C)CC(C)(CN=C(C)CC(C)C)C2)CC(C)(C)C1. The zero-order chi connectivity index (χ0) is 46.2. The van der Waals surface area contributed by atoms with Crippen LogP contribution in [0.3, 0.4) is 0 Å². The Labute approximate surface area is 376 Å². The summed E-state index contributed by atoms with van der Waals surface area (Å²) in [6.07, 6.45) is 12.8. The molecule has 0 aromatic heterocycles. The van der Waals surface area contributed by atoms with Crippen molar-refractivity contribution in [2.75, 3.05) is 19.6 Å². The summed E-state index contributed by atoms with van der Waals surface area (Å²) in [7, 11) is 0. The minimum absolute atomic E-state index is 0.00484. The first-order chi connectivity index (χ1) is 27.9. The van der Waals surface area contributed by atoms with Crippen LogP contribution in [0.4, 0.5) is 0 Å². The van der Waals surface area contributed by atoms with Crippen molar-refractivity contribution in [2.45, 2.75) is 239 Å². The van der Waals surface area contributed by atoms with Crippen molar-refractivity contribution in [2.24, 2.45) is 65.2 Å². The molecule has 3 aliphatic rings. The summed E-state index contributed by atoms with van der Waals surface area (Å²) < 4.78 is 0. The topological polar surface area (TPSA) is 107 Å². The molecule has 61 heavy (non-hydrogen) atoms. The van der Waals surface area contributed by atoms with E-state index in [1.54, 1.807) is 0 Å². The monoisotopic (exact) mass is 851 g/mol. The molecule has 2 amide bonds. The summed E-state index contributed by atoms with van der Waals surface area (Å²) in [4.78, 5) is 44.0. The van der Waals surface area contributed by atoms with E-state index in [0.717, 1.165) is 96.7 Å². The van der Waals surface area contributed by atoms with Crippen LogP contribution < -0.4 is 16.0 Å². The highest BCUT2D eigenvalue weighted by Crippen LogP contribution is 2.49. The molecule has 7 atom stereocenters. The van der Waals surface area contributed by atoms with Gasteiger partial charge in [-0.25, -0.2) is 0 Å². The molecule has 0 spiro atoms. The summed E-state index contributed by atoms with van der Waals surface area (Å²) in [6, 6.07) is -0.163. The van der Waals surface area contributed by atoms with Crippen LogP contribution in [0.2, 0.25) is 0 Å². The first-order valence-electron chi connectivity index (χ1n) is 24.7. The van der Waals surface area contributed by atoms with E-state index in [1.165, 1.54) is 17.1 Å². The van der Waals surface area contributed by atoms with Gasteiger partial charge in [-0.05, 0) is 154 Å². The maximum absolute atomic E-state index is 14.7. The Kier molecular flexibility index (Phi) is 19.0. The van der Waals surface area contributed by atoms with Gasteiger partial charge in [0, 0.05) is 61.3 Å². The van der Waals surface area contributed by atoms with E-state index in [0.29, 0.717) is 30.6 Å². The molecule has 0 radical (unpaired) electrons. The maximum atomic E-state index is 14.7. The predicted molar refractivity (Wildman–Crippen MR) is 263 cm³/mol. The number of nitrogens with one attached hydrogen (secondary N) is 3. The largest absolute Gasteiger partial charge is 0.353 e. The van der Waals surface area contributed by atoms with Crippen LogP contribution in [-0.4, -0.2) is 72.8 Å². The second-order valence-electron chi connectivity index (χ2n) is 26.1. The van der Waals surface area contributed by atoms with Gasteiger partial charge >= 0.3 is 0 Å². The zero-order valence-corrected chi connectivity index (χ0v) is 43.2. The van der Waals surface area contributed by atoms with E-state index in [2.05, 4.69) is 141 Å². The Bertz CT molecular complexity index is 1540. The third kappa shape index (κ3) is 19.3. The third-order valence-electron chi connectivity index (χ3n) is 13.8. The van der Waals surface area contributed by atoms with Crippen LogP contribution in [0, 0.1) is 50.2 Å². The highest BCUT2D eigenvalue weighted by atomic mass is 16.2. The first kappa shape index (κ1) is 53.2. The van der Waals surface area contributed by atoms with Crippen molar-refractivity contribution in [1.82, 2.24) is 16.0 Å². The van der Waals surface area contributed by atoms with Crippen LogP contribution in [0.15, 0.2) is 15.0 Å². The quantitative estimate of drug-likeness (QED) is 0.106. The lowest BCUT2D eigenvalue weighted by Gasteiger charge is -2.48. The number of aliphatic imine (C=N–C) groups is 3. The van der Waals surface area contributed by atoms with Crippen LogP contribution in [0.1, 0.15) is 215 Å². The fraction of sp³-hybridized carbons (Fsp3) is 0.906. The lowest BCUT2D eigenvalue weighted by molar-refractivity contribution is -0.126. The van der Waals surface area contributed by atoms with Gasteiger partial charge in [-0.3, -0.25) is 24.6 Å². The number of hydrogen-bond acceptors (Lipinski definition) is 6. The van der Waals surface area contributed by atoms with Crippen molar-refractivity contribution >= 4 is 28.9 Å². The molecule has 0 heterocycles. The summed E-state index contributed by atoms with van der Waals surface area (Å²) in [5, 5.41) is 11.0. The average molecular weight is 851 g/mol. The number of nitrogens with zero attached hydrogens (tertiary/aromatic N) is 3. The minimum atomic E-state index is -0.464. The standard InChI is InChI=1S/C53H98N6O2/c1-36(2)21-39(7)54-33-51(16)27-42(24-48(10,11)30-51)57-45(47(61)59-44-26-50(14,15)32-53(18,29-44)35-56-41(9)23-38(5)6)19-20-46(60)58-43-25-49(12,13)31-52(17,28-43)34-55-40(8)22-37(3)4/h36-38,42-45,57H,19-35H2,1-18H3,(H,58,60)(H,59,61). The van der Waals surface area contributed by atoms with Gasteiger partial charge in [-0.2, -0.15) is 0 Å². The summed E-state index contributed by atoms with van der Waals surface area (Å²) in [5.74, 6) is 1.86. The van der Waals surface area contributed by atoms with Crippen LogP contribution in [0.5, 0.6) is 0 Å². The molecule has 3 saturated carbocycles. The van der Waals surface area contributed by atoms with Crippen LogP contribution in [-0.2, 0) is 9.59 Å². The molecule has 3 N–H and O–H groups in total. The highest BCUT2D eigenvalue weighted by molar-refractivity contribution is 5.84. The molecule has 3 fully saturated rings. The summed E-state index contributed by atoms with van der Waals surface area (Å²) >= 11 is 0. The van der Waals surface area contributed by atoms with Gasteiger partial charge in [0.05, 0.1) is 6.04 Å². The van der Waals surface area contributed by atoms with E-state index >= 15 is 0 Å². The van der Waals surface area contributed by atoms with Crippen molar-refractivity contribution in [3.05, 3.63) is 0 Å². The molecule has 3 rings (SSSR count). The molecular weight excluding hydrogens is 753 g/mol. The van der Waals surface area contributed by atoms with E-state index in [4.69, 9.17) is 15.0 Å². The van der Waals surface area contributed by atoms with E-state index in [1.807, 2.05) is 0 Å². The van der Waals surface area contributed by atoms with Gasteiger partial charge in [0.2, 0.25) is 11.8 Å². The van der Waals surface area contributed by atoms with Crippen molar-refractivity contribution < 1.29 is 9.59 Å². The second kappa shape index (κ2) is 21.7. The Morgan fingerprint density at radius 3 is 1.20 bits per heavy atom. The van der Waals surface area contributed by atoms with Gasteiger partial charge in [0.25, 0.3) is 0 Å².